The van der Waals surface area contributed by atoms with Gasteiger partial charge in [0.2, 0.25) is 0 Å². The van der Waals surface area contributed by atoms with Gasteiger partial charge in [-0.05, 0) is 42.0 Å². The van der Waals surface area contributed by atoms with Gasteiger partial charge < -0.3 is 0 Å². The van der Waals surface area contributed by atoms with Gasteiger partial charge in [0.25, 0.3) is 0 Å². The second-order valence-corrected chi connectivity index (χ2v) is 4.84. The molecule has 0 saturated carbocycles. The zero-order valence-corrected chi connectivity index (χ0v) is 10.5. The van der Waals surface area contributed by atoms with Gasteiger partial charge in [0.1, 0.15) is 5.82 Å². The maximum atomic E-state index is 13.6. The molecule has 1 aromatic rings. The van der Waals surface area contributed by atoms with Crippen molar-refractivity contribution in [1.29, 1.82) is 0 Å². The van der Waals surface area contributed by atoms with Crippen LogP contribution in [-0.2, 0) is 12.8 Å². The van der Waals surface area contributed by atoms with Crippen LogP contribution in [-0.4, -0.2) is 0 Å². The lowest BCUT2D eigenvalue weighted by Crippen LogP contribution is -1.99. The van der Waals surface area contributed by atoms with Gasteiger partial charge in [-0.25, -0.2) is 4.39 Å². The Kier molecular flexibility index (Phi) is 4.11. The van der Waals surface area contributed by atoms with Gasteiger partial charge in [-0.15, -0.1) is 0 Å². The quantitative estimate of drug-likeness (QED) is 0.757. The van der Waals surface area contributed by atoms with E-state index in [4.69, 9.17) is 0 Å². The molecule has 0 aliphatic carbocycles. The van der Waals surface area contributed by atoms with Crippen LogP contribution in [0.2, 0.25) is 0 Å². The second-order valence-electron chi connectivity index (χ2n) is 3.99. The highest BCUT2D eigenvalue weighted by molar-refractivity contribution is 9.10. The van der Waals surface area contributed by atoms with Crippen LogP contribution in [0.25, 0.3) is 0 Å². The molecule has 14 heavy (non-hydrogen) atoms. The Morgan fingerprint density at radius 2 is 1.93 bits per heavy atom. The first kappa shape index (κ1) is 11.7. The van der Waals surface area contributed by atoms with E-state index in [1.54, 1.807) is 6.07 Å². The zero-order chi connectivity index (χ0) is 10.7. The first-order valence-electron chi connectivity index (χ1n) is 5.01. The average molecular weight is 259 g/mol. The van der Waals surface area contributed by atoms with Crippen LogP contribution in [0.3, 0.4) is 0 Å². The Morgan fingerprint density at radius 3 is 2.43 bits per heavy atom. The summed E-state index contributed by atoms with van der Waals surface area (Å²) in [5.74, 6) is 0.419. The van der Waals surface area contributed by atoms with Crippen molar-refractivity contribution in [3.63, 3.8) is 0 Å². The lowest BCUT2D eigenvalue weighted by atomic mass is 10.0. The Bertz CT molecular complexity index is 318. The van der Waals surface area contributed by atoms with E-state index in [1.807, 2.05) is 13.0 Å². The Balaban J connectivity index is 3.02. The third kappa shape index (κ3) is 2.81. The second kappa shape index (κ2) is 4.92. The van der Waals surface area contributed by atoms with Crippen LogP contribution in [0.5, 0.6) is 0 Å². The lowest BCUT2D eigenvalue weighted by Gasteiger charge is -2.09. The van der Waals surface area contributed by atoms with Crippen molar-refractivity contribution in [2.45, 2.75) is 33.6 Å². The first-order chi connectivity index (χ1) is 6.54. The van der Waals surface area contributed by atoms with Crippen LogP contribution in [0.1, 0.15) is 31.9 Å². The molecule has 0 amide bonds. The summed E-state index contributed by atoms with van der Waals surface area (Å²) in [7, 11) is 0. The highest BCUT2D eigenvalue weighted by Crippen LogP contribution is 2.23. The average Bonchev–Trinajstić information content (AvgIpc) is 2.10. The Hall–Kier alpha value is -0.370. The van der Waals surface area contributed by atoms with Gasteiger partial charge in [0.05, 0.1) is 0 Å². The summed E-state index contributed by atoms with van der Waals surface area (Å²) < 4.78 is 14.6. The smallest absolute Gasteiger partial charge is 0.126 e. The molecule has 0 atom stereocenters. The molecule has 0 aliphatic heterocycles. The van der Waals surface area contributed by atoms with Gasteiger partial charge in [-0.2, -0.15) is 0 Å². The number of aryl methyl sites for hydroxylation is 1. The molecule has 0 radical (unpaired) electrons. The zero-order valence-electron chi connectivity index (χ0n) is 8.90. The van der Waals surface area contributed by atoms with Crippen LogP contribution in [0.4, 0.5) is 4.39 Å². The predicted octanol–water partition coefficient (Wildman–Crippen LogP) is 4.35. The van der Waals surface area contributed by atoms with E-state index >= 15 is 0 Å². The topological polar surface area (TPSA) is 0 Å². The van der Waals surface area contributed by atoms with Crippen LogP contribution in [0, 0.1) is 11.7 Å². The summed E-state index contributed by atoms with van der Waals surface area (Å²) in [5.41, 5.74) is 1.85. The number of rotatable bonds is 3. The fourth-order valence-corrected chi connectivity index (χ4v) is 2.17. The van der Waals surface area contributed by atoms with E-state index in [0.717, 1.165) is 28.4 Å². The maximum Gasteiger partial charge on any atom is 0.126 e. The van der Waals surface area contributed by atoms with Gasteiger partial charge >= 0.3 is 0 Å². The molecule has 0 spiro atoms. The van der Waals surface area contributed by atoms with Crippen LogP contribution in [0.15, 0.2) is 16.6 Å². The van der Waals surface area contributed by atoms with Gasteiger partial charge in [0.15, 0.2) is 0 Å². The molecule has 78 valence electrons. The monoisotopic (exact) mass is 258 g/mol. The van der Waals surface area contributed by atoms with Gasteiger partial charge in [-0.3, -0.25) is 0 Å². The van der Waals surface area contributed by atoms with Crippen molar-refractivity contribution in [1.82, 2.24) is 0 Å². The number of hydrogen-bond acceptors (Lipinski definition) is 0. The SMILES string of the molecule is CCc1cc(F)c(CC(C)C)cc1Br. The molecule has 1 aromatic carbocycles. The lowest BCUT2D eigenvalue weighted by molar-refractivity contribution is 0.572. The summed E-state index contributed by atoms with van der Waals surface area (Å²) in [6.07, 6.45) is 1.66. The number of halogens is 2. The standard InChI is InChI=1S/C12H16BrF/c1-4-9-7-12(14)10(5-8(2)3)6-11(9)13/h6-8H,4-5H2,1-3H3. The fraction of sp³-hybridized carbons (Fsp3) is 0.500. The minimum Gasteiger partial charge on any atom is -0.207 e. The fourth-order valence-electron chi connectivity index (χ4n) is 1.50. The van der Waals surface area contributed by atoms with Crippen LogP contribution < -0.4 is 0 Å². The number of hydrogen-bond donors (Lipinski definition) is 0. The van der Waals surface area contributed by atoms with Crippen molar-refractivity contribution in [2.75, 3.05) is 0 Å². The van der Waals surface area contributed by atoms with Gasteiger partial charge in [0, 0.05) is 4.47 Å². The normalized spacial score (nSPS) is 11.0. The first-order valence-corrected chi connectivity index (χ1v) is 5.80. The van der Waals surface area contributed by atoms with Gasteiger partial charge in [-0.1, -0.05) is 36.7 Å². The largest absolute Gasteiger partial charge is 0.207 e. The Morgan fingerprint density at radius 1 is 1.29 bits per heavy atom. The predicted molar refractivity (Wildman–Crippen MR) is 62.0 cm³/mol. The van der Waals surface area contributed by atoms with Crippen molar-refractivity contribution in [3.05, 3.63) is 33.5 Å². The molecule has 0 heterocycles. The molecule has 0 aliphatic rings. The van der Waals surface area contributed by atoms with E-state index in [1.165, 1.54) is 0 Å². The Labute approximate surface area is 93.7 Å². The van der Waals surface area contributed by atoms with E-state index in [9.17, 15) is 4.39 Å². The molecular formula is C12H16BrF. The van der Waals surface area contributed by atoms with Crippen molar-refractivity contribution in [3.8, 4) is 0 Å². The third-order valence-electron chi connectivity index (χ3n) is 2.22. The van der Waals surface area contributed by atoms with Crippen molar-refractivity contribution in [2.24, 2.45) is 5.92 Å². The van der Waals surface area contributed by atoms with E-state index in [0.29, 0.717) is 5.92 Å². The van der Waals surface area contributed by atoms with Crippen LogP contribution >= 0.6 is 15.9 Å². The van der Waals surface area contributed by atoms with E-state index in [-0.39, 0.29) is 5.82 Å². The minimum absolute atomic E-state index is 0.0706. The summed E-state index contributed by atoms with van der Waals surface area (Å²) in [5, 5.41) is 0. The molecule has 0 fully saturated rings. The van der Waals surface area contributed by atoms with E-state index in [2.05, 4.69) is 29.8 Å². The molecule has 0 saturated heterocycles. The summed E-state index contributed by atoms with van der Waals surface area (Å²) >= 11 is 3.46. The molecule has 0 unspecified atom stereocenters. The van der Waals surface area contributed by atoms with E-state index < -0.39 is 0 Å². The van der Waals surface area contributed by atoms with Crippen molar-refractivity contribution < 1.29 is 4.39 Å². The molecule has 0 bridgehead atoms. The highest BCUT2D eigenvalue weighted by Gasteiger charge is 2.08. The molecule has 2 heteroatoms. The third-order valence-corrected chi connectivity index (χ3v) is 2.96. The summed E-state index contributed by atoms with van der Waals surface area (Å²) in [6, 6.07) is 3.55. The van der Waals surface area contributed by atoms with Crippen molar-refractivity contribution >= 4 is 15.9 Å². The molecule has 0 aromatic heterocycles. The minimum atomic E-state index is -0.0706. The maximum absolute atomic E-state index is 13.6. The highest BCUT2D eigenvalue weighted by atomic mass is 79.9. The summed E-state index contributed by atoms with van der Waals surface area (Å²) in [6.45, 7) is 6.23. The number of benzene rings is 1. The molecular weight excluding hydrogens is 243 g/mol. The molecule has 0 nitrogen and oxygen atoms in total. The summed E-state index contributed by atoms with van der Waals surface area (Å²) in [4.78, 5) is 0. The molecule has 1 rings (SSSR count). The molecule has 0 N–H and O–H groups in total.